The van der Waals surface area contributed by atoms with Gasteiger partial charge in [0.05, 0.1) is 46.4 Å². The van der Waals surface area contributed by atoms with E-state index in [1.54, 1.807) is 28.6 Å². The third kappa shape index (κ3) is 12.7. The quantitative estimate of drug-likeness (QED) is 0.0441. The topological polar surface area (TPSA) is 194 Å². The molecule has 3 aliphatic rings. The lowest BCUT2D eigenvalue weighted by Gasteiger charge is -2.37. The molecule has 9 rings (SSSR count). The predicted octanol–water partition coefficient (Wildman–Crippen LogP) is 10.7. The van der Waals surface area contributed by atoms with Gasteiger partial charge in [0.15, 0.2) is 9.84 Å². The largest absolute Gasteiger partial charge is 0.478 e. The van der Waals surface area contributed by atoms with Gasteiger partial charge in [-0.1, -0.05) is 54.1 Å². The summed E-state index contributed by atoms with van der Waals surface area (Å²) in [5.41, 5.74) is 7.30. The maximum Gasteiger partial charge on any atom is 0.469 e. The Morgan fingerprint density at radius 2 is 1.50 bits per heavy atom. The summed E-state index contributed by atoms with van der Waals surface area (Å²) in [6, 6.07) is 38.2. The first kappa shape index (κ1) is 55.6. The van der Waals surface area contributed by atoms with Gasteiger partial charge in [-0.3, -0.25) is 13.8 Å². The zero-order valence-corrected chi connectivity index (χ0v) is 47.2. The molecule has 404 valence electrons. The summed E-state index contributed by atoms with van der Waals surface area (Å²) in [6.45, 7) is 11.3. The monoisotopic (exact) mass is 1130 g/mol. The molecule has 0 saturated carbocycles. The number of piperazine rings is 1. The Morgan fingerprint density at radius 1 is 0.842 bits per heavy atom. The smallest absolute Gasteiger partial charge is 0.469 e. The number of nitrogens with one attached hydrogen (secondary N) is 1. The molecule has 4 heterocycles. The number of aromatic carboxylic acids is 1. The molecule has 0 aliphatic carbocycles. The Hall–Kier alpha value is -5.10. The molecule has 1 aromatic heterocycles. The Labute approximate surface area is 454 Å². The first-order valence-electron chi connectivity index (χ1n) is 25.5. The van der Waals surface area contributed by atoms with E-state index in [9.17, 15) is 32.7 Å². The van der Waals surface area contributed by atoms with Crippen molar-refractivity contribution in [2.24, 2.45) is 0 Å². The average molecular weight is 1130 g/mol. The van der Waals surface area contributed by atoms with Gasteiger partial charge in [-0.2, -0.15) is 0 Å². The summed E-state index contributed by atoms with van der Waals surface area (Å²) in [6.07, 6.45) is 2.27. The second kappa shape index (κ2) is 23.5. The number of carboxylic acids is 1. The summed E-state index contributed by atoms with van der Waals surface area (Å²) in [5.74, 6) is -0.352. The van der Waals surface area contributed by atoms with Crippen LogP contribution in [0.2, 0.25) is 5.02 Å². The van der Waals surface area contributed by atoms with Gasteiger partial charge in [0.1, 0.15) is 0 Å². The number of likely N-dealkylation sites (tertiary alicyclic amines) is 1. The van der Waals surface area contributed by atoms with Crippen LogP contribution in [0.3, 0.4) is 0 Å². The molecule has 4 N–H and O–H groups in total. The highest BCUT2D eigenvalue weighted by atomic mass is 35.5. The number of benzene rings is 5. The molecule has 0 bridgehead atoms. The van der Waals surface area contributed by atoms with Crippen molar-refractivity contribution in [1.82, 2.24) is 9.47 Å². The van der Waals surface area contributed by atoms with Crippen LogP contribution in [0.15, 0.2) is 131 Å². The van der Waals surface area contributed by atoms with Gasteiger partial charge in [0, 0.05) is 108 Å². The molecule has 0 radical (unpaired) electrons. The Kier molecular flexibility index (Phi) is 17.2. The first-order valence-corrected chi connectivity index (χ1v) is 31.8. The van der Waals surface area contributed by atoms with Crippen molar-refractivity contribution in [2.75, 3.05) is 90.8 Å². The van der Waals surface area contributed by atoms with Gasteiger partial charge in [-0.15, -0.1) is 11.8 Å². The van der Waals surface area contributed by atoms with E-state index in [1.807, 2.05) is 97.9 Å². The number of carboxylic acid groups (broad SMARTS) is 1. The molecule has 3 aliphatic heterocycles. The zero-order valence-electron chi connectivity index (χ0n) is 43.0. The number of rotatable bonds is 19. The number of phosphoric acid groups is 1. The number of sulfone groups is 1. The molecule has 3 saturated heterocycles. The molecule has 0 unspecified atom stereocenters. The van der Waals surface area contributed by atoms with Crippen LogP contribution in [0.25, 0.3) is 22.4 Å². The van der Waals surface area contributed by atoms with Crippen molar-refractivity contribution in [1.29, 1.82) is 0 Å². The fourth-order valence-electron chi connectivity index (χ4n) is 10.7. The van der Waals surface area contributed by atoms with Gasteiger partial charge in [0.2, 0.25) is 0 Å². The summed E-state index contributed by atoms with van der Waals surface area (Å²) in [7, 11) is -12.2. The third-order valence-electron chi connectivity index (χ3n) is 14.3. The zero-order chi connectivity index (χ0) is 53.9. The van der Waals surface area contributed by atoms with E-state index in [1.165, 1.54) is 6.07 Å². The fourth-order valence-corrected chi connectivity index (χ4v) is 15.6. The van der Waals surface area contributed by atoms with E-state index in [0.717, 1.165) is 65.5 Å². The Balaban J connectivity index is 0.885. The highest BCUT2D eigenvalue weighted by Gasteiger charge is 2.41. The van der Waals surface area contributed by atoms with E-state index < -0.39 is 37.3 Å². The summed E-state index contributed by atoms with van der Waals surface area (Å²) in [4.78, 5) is 39.5. The molecule has 2 atom stereocenters. The average Bonchev–Trinajstić information content (AvgIpc) is 3.95. The van der Waals surface area contributed by atoms with Gasteiger partial charge >= 0.3 is 21.3 Å². The standard InChI is InChI=1S/C55H65ClN6O10P2S2/c1-38(2)62-39(3)52(55(63)64)53(54(62)40-13-15-42(56)16-14-40)41-9-8-10-46(35-41)60-31-29-59(30-32-60)44-17-19-45(20-18-44)61-33-34-71-73(61,65)48-21-22-50(51(36-48)76(4,69)70)57-43(37-75-49-11-6-5-7-12-49)23-26-58-27-24-47(25-28-58)72-74(66,67)68/h5-22,35-36,38,43,47,57H,23-34,37H2,1-4H3,(H,63,64)(H2,66,67,68)/t43-,73+/m1/s1. The van der Waals surface area contributed by atoms with E-state index in [-0.39, 0.29) is 34.5 Å². The van der Waals surface area contributed by atoms with Crippen molar-refractivity contribution < 1.29 is 46.3 Å². The van der Waals surface area contributed by atoms with Crippen molar-refractivity contribution in [3.8, 4) is 22.4 Å². The Bertz CT molecular complexity index is 3240. The minimum atomic E-state index is -4.57. The summed E-state index contributed by atoms with van der Waals surface area (Å²) < 4.78 is 68.5. The lowest BCUT2D eigenvalue weighted by atomic mass is 9.96. The van der Waals surface area contributed by atoms with E-state index in [0.29, 0.717) is 78.8 Å². The maximum absolute atomic E-state index is 15.0. The van der Waals surface area contributed by atoms with Crippen LogP contribution >= 0.6 is 38.7 Å². The van der Waals surface area contributed by atoms with E-state index in [4.69, 9.17) is 20.6 Å². The molecular weight excluding hydrogens is 1070 g/mol. The van der Waals surface area contributed by atoms with Crippen molar-refractivity contribution in [2.45, 2.75) is 68.0 Å². The molecule has 6 aromatic rings. The maximum atomic E-state index is 15.0. The summed E-state index contributed by atoms with van der Waals surface area (Å²) in [5, 5.41) is 15.0. The van der Waals surface area contributed by atoms with Gasteiger partial charge in [-0.05, 0) is 130 Å². The molecule has 0 amide bonds. The molecule has 0 spiro atoms. The van der Waals surface area contributed by atoms with Gasteiger partial charge in [0.25, 0.3) is 0 Å². The Morgan fingerprint density at radius 3 is 2.13 bits per heavy atom. The highest BCUT2D eigenvalue weighted by Crippen LogP contribution is 2.56. The number of phosphoric ester groups is 1. The molecule has 3 fully saturated rings. The van der Waals surface area contributed by atoms with E-state index >= 15 is 4.57 Å². The van der Waals surface area contributed by atoms with Crippen LogP contribution in [0.5, 0.6) is 0 Å². The van der Waals surface area contributed by atoms with Gasteiger partial charge in [-0.25, -0.2) is 17.8 Å². The normalized spacial score (nSPS) is 18.4. The fraction of sp³-hybridized carbons (Fsp3) is 0.364. The van der Waals surface area contributed by atoms with E-state index in [2.05, 4.69) is 50.6 Å². The number of halogens is 1. The second-order valence-electron chi connectivity index (χ2n) is 19.8. The number of thioether (sulfide) groups is 1. The lowest BCUT2D eigenvalue weighted by molar-refractivity contribution is 0.0690. The number of aromatic nitrogens is 1. The molecule has 16 nitrogen and oxygen atoms in total. The van der Waals surface area contributed by atoms with Crippen LogP contribution < -0.4 is 25.1 Å². The van der Waals surface area contributed by atoms with Crippen LogP contribution in [-0.2, 0) is 28.0 Å². The number of piperidine rings is 1. The number of carbonyl (C=O) groups is 1. The van der Waals surface area contributed by atoms with Crippen LogP contribution in [0.4, 0.5) is 22.7 Å². The molecule has 5 aromatic carbocycles. The third-order valence-corrected chi connectivity index (χ3v) is 20.0. The van der Waals surface area contributed by atoms with Crippen molar-refractivity contribution >= 4 is 82.6 Å². The van der Waals surface area contributed by atoms with Crippen LogP contribution in [-0.4, -0.2) is 122 Å². The number of nitrogens with zero attached hydrogens (tertiary/aromatic N) is 5. The first-order chi connectivity index (χ1) is 36.3. The minimum absolute atomic E-state index is 0.00597. The SMILES string of the molecule is Cc1c(C(=O)O)c(-c2cccc(N3CCN(c4ccc(N5CCO[P@@]5(=O)c5ccc(N[C@H](CCN6CCC(OP(=O)(O)O)CC6)CSc6ccccc6)c(S(C)(=O)=O)c5)cc4)CC3)c2)c(-c2ccc(Cl)cc2)n1C(C)C. The summed E-state index contributed by atoms with van der Waals surface area (Å²) >= 11 is 7.94. The van der Waals surface area contributed by atoms with Gasteiger partial charge < -0.3 is 44.0 Å². The van der Waals surface area contributed by atoms with Crippen LogP contribution in [0.1, 0.15) is 55.2 Å². The van der Waals surface area contributed by atoms with Crippen molar-refractivity contribution in [3.63, 3.8) is 0 Å². The molecule has 76 heavy (non-hydrogen) atoms. The predicted molar refractivity (Wildman–Crippen MR) is 305 cm³/mol. The van der Waals surface area contributed by atoms with Crippen LogP contribution in [0, 0.1) is 6.92 Å². The minimum Gasteiger partial charge on any atom is -0.478 e. The second-order valence-corrected chi connectivity index (χ2v) is 26.8. The van der Waals surface area contributed by atoms with Crippen molar-refractivity contribution in [3.05, 3.63) is 138 Å². The molecular formula is C55H65ClN6O10P2S2. The molecule has 21 heteroatoms. The highest BCUT2D eigenvalue weighted by molar-refractivity contribution is 7.99. The number of anilines is 4. The number of hydrogen-bond acceptors (Lipinski definition) is 12. The number of hydrogen-bond donors (Lipinski definition) is 4. The lowest BCUT2D eigenvalue weighted by Crippen LogP contribution is -2.46.